The highest BCUT2D eigenvalue weighted by Crippen LogP contribution is 2.29. The van der Waals surface area contributed by atoms with Crippen molar-refractivity contribution >= 4 is 33.2 Å². The maximum Gasteiger partial charge on any atom is 0.140 e. The van der Waals surface area contributed by atoms with Gasteiger partial charge in [-0.2, -0.15) is 0 Å². The van der Waals surface area contributed by atoms with Crippen molar-refractivity contribution in [3.63, 3.8) is 0 Å². The van der Waals surface area contributed by atoms with Crippen molar-refractivity contribution in [2.45, 2.75) is 6.61 Å². The number of anilines is 1. The van der Waals surface area contributed by atoms with Gasteiger partial charge in [0, 0.05) is 21.8 Å². The van der Waals surface area contributed by atoms with E-state index in [0.717, 1.165) is 15.8 Å². The zero-order chi connectivity index (χ0) is 13.8. The number of nitrogens with two attached hydrogens (primary N) is 1. The lowest BCUT2D eigenvalue weighted by Crippen LogP contribution is -1.99. The second-order valence-electron chi connectivity index (χ2n) is 3.93. The molecule has 0 atom stereocenters. The van der Waals surface area contributed by atoms with Gasteiger partial charge in [-0.15, -0.1) is 0 Å². The van der Waals surface area contributed by atoms with Crippen LogP contribution in [0.1, 0.15) is 5.56 Å². The smallest absolute Gasteiger partial charge is 0.140 e. The van der Waals surface area contributed by atoms with Gasteiger partial charge in [0.1, 0.15) is 18.1 Å². The zero-order valence-electron chi connectivity index (χ0n) is 10.3. The van der Waals surface area contributed by atoms with Crippen molar-refractivity contribution in [3.05, 3.63) is 51.5 Å². The van der Waals surface area contributed by atoms with Crippen LogP contribution in [0.5, 0.6) is 11.5 Å². The zero-order valence-corrected chi connectivity index (χ0v) is 12.7. The highest BCUT2D eigenvalue weighted by Gasteiger charge is 2.07. The summed E-state index contributed by atoms with van der Waals surface area (Å²) < 4.78 is 11.9. The van der Waals surface area contributed by atoms with E-state index in [-0.39, 0.29) is 0 Å². The van der Waals surface area contributed by atoms with E-state index in [1.165, 1.54) is 0 Å². The molecule has 0 saturated carbocycles. The predicted molar refractivity (Wildman–Crippen MR) is 80.9 cm³/mol. The molecular formula is C14H13BrClNO2. The first-order chi connectivity index (χ1) is 9.10. The maximum atomic E-state index is 6.05. The van der Waals surface area contributed by atoms with E-state index in [1.54, 1.807) is 25.3 Å². The van der Waals surface area contributed by atoms with Crippen LogP contribution in [0.25, 0.3) is 0 Å². The lowest BCUT2D eigenvalue weighted by Gasteiger charge is -2.12. The third-order valence-corrected chi connectivity index (χ3v) is 3.39. The van der Waals surface area contributed by atoms with Crippen molar-refractivity contribution in [1.29, 1.82) is 0 Å². The molecule has 0 amide bonds. The number of hydrogen-bond acceptors (Lipinski definition) is 3. The van der Waals surface area contributed by atoms with Crippen molar-refractivity contribution in [1.82, 2.24) is 0 Å². The molecule has 3 nitrogen and oxygen atoms in total. The summed E-state index contributed by atoms with van der Waals surface area (Å²) in [5.74, 6) is 1.33. The molecule has 2 aromatic rings. The van der Waals surface area contributed by atoms with E-state index in [0.29, 0.717) is 23.1 Å². The fourth-order valence-corrected chi connectivity index (χ4v) is 2.23. The summed E-state index contributed by atoms with van der Waals surface area (Å²) in [6, 6.07) is 10.9. The molecule has 2 aromatic carbocycles. The topological polar surface area (TPSA) is 44.5 Å². The summed E-state index contributed by atoms with van der Waals surface area (Å²) in [6.45, 7) is 0.353. The summed E-state index contributed by atoms with van der Waals surface area (Å²) in [7, 11) is 1.63. The van der Waals surface area contributed by atoms with Crippen LogP contribution in [0, 0.1) is 0 Å². The number of benzene rings is 2. The molecule has 5 heteroatoms. The van der Waals surface area contributed by atoms with Crippen molar-refractivity contribution in [2.24, 2.45) is 0 Å². The van der Waals surface area contributed by atoms with Crippen LogP contribution in [0.15, 0.2) is 40.9 Å². The van der Waals surface area contributed by atoms with E-state index in [4.69, 9.17) is 26.8 Å². The van der Waals surface area contributed by atoms with Crippen LogP contribution in [0.3, 0.4) is 0 Å². The van der Waals surface area contributed by atoms with Gasteiger partial charge in [0.25, 0.3) is 0 Å². The van der Waals surface area contributed by atoms with Gasteiger partial charge in [-0.1, -0.05) is 27.5 Å². The van der Waals surface area contributed by atoms with Crippen LogP contribution < -0.4 is 15.2 Å². The number of ether oxygens (including phenoxy) is 2. The van der Waals surface area contributed by atoms with E-state index in [9.17, 15) is 0 Å². The van der Waals surface area contributed by atoms with E-state index in [1.807, 2.05) is 18.2 Å². The van der Waals surface area contributed by atoms with E-state index >= 15 is 0 Å². The fourth-order valence-electron chi connectivity index (χ4n) is 1.65. The Bertz CT molecular complexity index is 590. The highest BCUT2D eigenvalue weighted by atomic mass is 79.9. The second-order valence-corrected chi connectivity index (χ2v) is 5.26. The van der Waals surface area contributed by atoms with Gasteiger partial charge in [-0.3, -0.25) is 0 Å². The highest BCUT2D eigenvalue weighted by molar-refractivity contribution is 9.10. The molecule has 0 fully saturated rings. The summed E-state index contributed by atoms with van der Waals surface area (Å²) in [4.78, 5) is 0. The molecule has 0 aliphatic carbocycles. The van der Waals surface area contributed by atoms with Gasteiger partial charge >= 0.3 is 0 Å². The maximum absolute atomic E-state index is 6.05. The average Bonchev–Trinajstić information content (AvgIpc) is 2.40. The fraction of sp³-hybridized carbons (Fsp3) is 0.143. The number of halogens is 2. The molecule has 0 radical (unpaired) electrons. The minimum absolute atomic E-state index is 0.353. The van der Waals surface area contributed by atoms with Gasteiger partial charge in [0.05, 0.1) is 12.1 Å². The van der Waals surface area contributed by atoms with Crippen LogP contribution >= 0.6 is 27.5 Å². The summed E-state index contributed by atoms with van der Waals surface area (Å²) in [5, 5.41) is 0.531. The molecule has 100 valence electrons. The van der Waals surface area contributed by atoms with Crippen molar-refractivity contribution < 1.29 is 9.47 Å². The van der Waals surface area contributed by atoms with Crippen LogP contribution in [-0.4, -0.2) is 7.11 Å². The first-order valence-electron chi connectivity index (χ1n) is 5.60. The summed E-state index contributed by atoms with van der Waals surface area (Å²) >= 11 is 9.47. The van der Waals surface area contributed by atoms with Crippen LogP contribution in [0.4, 0.5) is 5.69 Å². The lowest BCUT2D eigenvalue weighted by molar-refractivity contribution is 0.297. The van der Waals surface area contributed by atoms with E-state index in [2.05, 4.69) is 15.9 Å². The molecule has 0 bridgehead atoms. The Morgan fingerprint density at radius 2 is 1.95 bits per heavy atom. The number of rotatable bonds is 4. The number of hydrogen-bond donors (Lipinski definition) is 1. The summed E-state index contributed by atoms with van der Waals surface area (Å²) in [6.07, 6.45) is 0. The molecule has 19 heavy (non-hydrogen) atoms. The Balaban J connectivity index is 2.18. The number of nitrogen functional groups attached to an aromatic ring is 1. The average molecular weight is 343 g/mol. The Kier molecular flexibility index (Phi) is 4.56. The van der Waals surface area contributed by atoms with E-state index < -0.39 is 0 Å². The standard InChI is InChI=1S/C14H13BrClNO2/c1-18-13-5-2-10(15)6-9(13)8-19-14-7-11(17)3-4-12(14)16/h2-7H,8,17H2,1H3. The van der Waals surface area contributed by atoms with Crippen LogP contribution in [-0.2, 0) is 6.61 Å². The van der Waals surface area contributed by atoms with Gasteiger partial charge in [-0.25, -0.2) is 0 Å². The Hall–Kier alpha value is -1.39. The quantitative estimate of drug-likeness (QED) is 0.844. The molecule has 0 aliphatic heterocycles. The van der Waals surface area contributed by atoms with Crippen molar-refractivity contribution in [3.8, 4) is 11.5 Å². The molecular weight excluding hydrogens is 330 g/mol. The minimum atomic E-state index is 0.353. The van der Waals surface area contributed by atoms with Crippen LogP contribution in [0.2, 0.25) is 5.02 Å². The van der Waals surface area contributed by atoms with Gasteiger partial charge in [0.15, 0.2) is 0 Å². The van der Waals surface area contributed by atoms with Crippen molar-refractivity contribution in [2.75, 3.05) is 12.8 Å². The molecule has 0 aliphatic rings. The van der Waals surface area contributed by atoms with Gasteiger partial charge in [0.2, 0.25) is 0 Å². The second kappa shape index (κ2) is 6.17. The monoisotopic (exact) mass is 341 g/mol. The normalized spacial score (nSPS) is 10.3. The largest absolute Gasteiger partial charge is 0.496 e. The molecule has 2 rings (SSSR count). The van der Waals surface area contributed by atoms with Gasteiger partial charge < -0.3 is 15.2 Å². The Morgan fingerprint density at radius 3 is 2.68 bits per heavy atom. The first-order valence-corrected chi connectivity index (χ1v) is 6.77. The Labute approximate surface area is 125 Å². The lowest BCUT2D eigenvalue weighted by atomic mass is 10.2. The molecule has 0 spiro atoms. The molecule has 0 unspecified atom stereocenters. The predicted octanol–water partition coefficient (Wildman–Crippen LogP) is 4.27. The van der Waals surface area contributed by atoms with Gasteiger partial charge in [-0.05, 0) is 30.3 Å². The number of methoxy groups -OCH3 is 1. The molecule has 0 heterocycles. The molecule has 0 saturated heterocycles. The summed E-state index contributed by atoms with van der Waals surface area (Å²) in [5.41, 5.74) is 7.24. The Morgan fingerprint density at radius 1 is 1.16 bits per heavy atom. The molecule has 0 aromatic heterocycles. The first kappa shape index (κ1) is 14.0. The third kappa shape index (κ3) is 3.55. The minimum Gasteiger partial charge on any atom is -0.496 e. The SMILES string of the molecule is COc1ccc(Br)cc1COc1cc(N)ccc1Cl. The third-order valence-electron chi connectivity index (χ3n) is 2.58. The molecule has 2 N–H and O–H groups in total.